The van der Waals surface area contributed by atoms with Gasteiger partial charge in [0.05, 0.1) is 11.4 Å². The summed E-state index contributed by atoms with van der Waals surface area (Å²) in [5.41, 5.74) is 13.3. The van der Waals surface area contributed by atoms with Crippen LogP contribution in [-0.2, 0) is 11.2 Å². The van der Waals surface area contributed by atoms with Crippen LogP contribution in [0.5, 0.6) is 0 Å². The van der Waals surface area contributed by atoms with Crippen LogP contribution in [0.1, 0.15) is 31.9 Å². The van der Waals surface area contributed by atoms with E-state index >= 15 is 0 Å². The van der Waals surface area contributed by atoms with E-state index < -0.39 is 5.97 Å². The first-order valence-electron chi connectivity index (χ1n) is 6.92. The molecule has 112 valence electrons. The summed E-state index contributed by atoms with van der Waals surface area (Å²) in [6.45, 7) is 1.88. The number of fused-ring (bicyclic) bond motifs is 1. The number of carboxylic acids is 1. The molecule has 5 N–H and O–H groups in total. The Labute approximate surface area is 122 Å². The second kappa shape index (κ2) is 6.34. The van der Waals surface area contributed by atoms with Gasteiger partial charge < -0.3 is 16.6 Å². The Bertz CT molecular complexity index is 659. The number of aliphatic carboxylic acids is 1. The number of nitrogens with two attached hydrogens (primary N) is 2. The summed E-state index contributed by atoms with van der Waals surface area (Å²) in [6.07, 6.45) is 2.74. The van der Waals surface area contributed by atoms with Gasteiger partial charge in [0.25, 0.3) is 0 Å². The minimum Gasteiger partial charge on any atom is -0.481 e. The maximum absolute atomic E-state index is 11.0. The number of nitrogen functional groups attached to an aromatic ring is 2. The lowest BCUT2D eigenvalue weighted by Crippen LogP contribution is -2.12. The molecule has 0 radical (unpaired) electrons. The number of hydrogen-bond acceptors (Lipinski definition) is 6. The standard InChI is InChI=1S/C14H19N5O2/c1-2-8(13(20)21)4-3-5-9-6-7-10-11(17-9)12(15)19-14(16)18-10/h6-8H,2-5H2,1H3,(H,20,21)(H4,15,16,18,19). The number of carboxylic acid groups (broad SMARTS) is 1. The third-order valence-electron chi connectivity index (χ3n) is 3.47. The Morgan fingerprint density at radius 1 is 1.29 bits per heavy atom. The molecular formula is C14H19N5O2. The summed E-state index contributed by atoms with van der Waals surface area (Å²) in [4.78, 5) is 23.4. The van der Waals surface area contributed by atoms with Gasteiger partial charge in [-0.05, 0) is 37.8 Å². The minimum atomic E-state index is -0.739. The van der Waals surface area contributed by atoms with Crippen molar-refractivity contribution in [1.29, 1.82) is 0 Å². The Hall–Kier alpha value is -2.44. The largest absolute Gasteiger partial charge is 0.481 e. The quantitative estimate of drug-likeness (QED) is 0.737. The van der Waals surface area contributed by atoms with E-state index in [9.17, 15) is 4.79 Å². The molecule has 7 nitrogen and oxygen atoms in total. The summed E-state index contributed by atoms with van der Waals surface area (Å²) >= 11 is 0. The number of aryl methyl sites for hydroxylation is 1. The molecule has 0 aliphatic heterocycles. The molecule has 2 heterocycles. The Morgan fingerprint density at radius 2 is 2.05 bits per heavy atom. The van der Waals surface area contributed by atoms with Gasteiger partial charge in [-0.25, -0.2) is 9.97 Å². The van der Waals surface area contributed by atoms with Crippen LogP contribution in [0.15, 0.2) is 12.1 Å². The second-order valence-electron chi connectivity index (χ2n) is 4.97. The van der Waals surface area contributed by atoms with Crippen LogP contribution in [0.2, 0.25) is 0 Å². The van der Waals surface area contributed by atoms with Crippen molar-refractivity contribution in [3.8, 4) is 0 Å². The van der Waals surface area contributed by atoms with Crippen LogP contribution >= 0.6 is 0 Å². The van der Waals surface area contributed by atoms with E-state index in [2.05, 4.69) is 15.0 Å². The third kappa shape index (κ3) is 3.56. The normalized spacial score (nSPS) is 12.4. The van der Waals surface area contributed by atoms with Gasteiger partial charge in [0, 0.05) is 5.69 Å². The van der Waals surface area contributed by atoms with Gasteiger partial charge >= 0.3 is 5.97 Å². The van der Waals surface area contributed by atoms with E-state index in [1.165, 1.54) is 0 Å². The third-order valence-corrected chi connectivity index (χ3v) is 3.47. The number of rotatable bonds is 6. The van der Waals surface area contributed by atoms with E-state index in [-0.39, 0.29) is 17.7 Å². The van der Waals surface area contributed by atoms with Crippen molar-refractivity contribution in [2.45, 2.75) is 32.6 Å². The highest BCUT2D eigenvalue weighted by molar-refractivity contribution is 5.84. The van der Waals surface area contributed by atoms with Crippen molar-refractivity contribution in [3.05, 3.63) is 17.8 Å². The van der Waals surface area contributed by atoms with Crippen molar-refractivity contribution in [3.63, 3.8) is 0 Å². The fourth-order valence-corrected chi connectivity index (χ4v) is 2.27. The van der Waals surface area contributed by atoms with Gasteiger partial charge in [-0.2, -0.15) is 4.98 Å². The second-order valence-corrected chi connectivity index (χ2v) is 4.97. The molecule has 2 aromatic rings. The summed E-state index contributed by atoms with van der Waals surface area (Å²) in [7, 11) is 0. The first-order chi connectivity index (χ1) is 10.0. The molecular weight excluding hydrogens is 270 g/mol. The fraction of sp³-hybridized carbons (Fsp3) is 0.429. The molecule has 7 heteroatoms. The highest BCUT2D eigenvalue weighted by Gasteiger charge is 2.14. The van der Waals surface area contributed by atoms with E-state index in [1.807, 2.05) is 13.0 Å². The molecule has 0 saturated heterocycles. The van der Waals surface area contributed by atoms with Crippen molar-refractivity contribution in [1.82, 2.24) is 15.0 Å². The van der Waals surface area contributed by atoms with Gasteiger partial charge in [0.2, 0.25) is 5.95 Å². The molecule has 0 amide bonds. The van der Waals surface area contributed by atoms with E-state index in [4.69, 9.17) is 16.6 Å². The van der Waals surface area contributed by atoms with Crippen LogP contribution in [0.4, 0.5) is 11.8 Å². The molecule has 1 unspecified atom stereocenters. The molecule has 21 heavy (non-hydrogen) atoms. The maximum atomic E-state index is 11.0. The molecule has 2 aromatic heterocycles. The highest BCUT2D eigenvalue weighted by Crippen LogP contribution is 2.19. The zero-order valence-corrected chi connectivity index (χ0v) is 11.9. The number of nitrogens with zero attached hydrogens (tertiary/aromatic N) is 3. The van der Waals surface area contributed by atoms with E-state index in [1.54, 1.807) is 6.07 Å². The molecule has 0 aliphatic rings. The smallest absolute Gasteiger partial charge is 0.306 e. The number of aromatic nitrogens is 3. The lowest BCUT2D eigenvalue weighted by Gasteiger charge is -2.09. The number of pyridine rings is 1. The van der Waals surface area contributed by atoms with Crippen LogP contribution < -0.4 is 11.5 Å². The fourth-order valence-electron chi connectivity index (χ4n) is 2.27. The molecule has 0 aliphatic carbocycles. The zero-order valence-electron chi connectivity index (χ0n) is 11.9. The molecule has 0 fully saturated rings. The molecule has 0 spiro atoms. The number of carbonyl (C=O) groups is 1. The van der Waals surface area contributed by atoms with Crippen LogP contribution in [0.3, 0.4) is 0 Å². The first kappa shape index (κ1) is 15.0. The van der Waals surface area contributed by atoms with Gasteiger partial charge in [-0.15, -0.1) is 0 Å². The topological polar surface area (TPSA) is 128 Å². The van der Waals surface area contributed by atoms with Gasteiger partial charge in [0.15, 0.2) is 5.82 Å². The highest BCUT2D eigenvalue weighted by atomic mass is 16.4. The molecule has 2 rings (SSSR count). The van der Waals surface area contributed by atoms with Crippen molar-refractivity contribution >= 4 is 28.8 Å². The monoisotopic (exact) mass is 289 g/mol. The van der Waals surface area contributed by atoms with Gasteiger partial charge in [-0.1, -0.05) is 6.92 Å². The predicted octanol–water partition coefficient (Wildman–Crippen LogP) is 1.62. The Morgan fingerprint density at radius 3 is 2.71 bits per heavy atom. The Balaban J connectivity index is 2.08. The average Bonchev–Trinajstić information content (AvgIpc) is 2.43. The first-order valence-corrected chi connectivity index (χ1v) is 6.92. The molecule has 0 bridgehead atoms. The maximum Gasteiger partial charge on any atom is 0.306 e. The lowest BCUT2D eigenvalue weighted by molar-refractivity contribution is -0.142. The van der Waals surface area contributed by atoms with Crippen molar-refractivity contribution in [2.75, 3.05) is 11.5 Å². The minimum absolute atomic E-state index is 0.127. The Kier molecular flexibility index (Phi) is 4.52. The van der Waals surface area contributed by atoms with Crippen LogP contribution in [-0.4, -0.2) is 26.0 Å². The lowest BCUT2D eigenvalue weighted by atomic mass is 9.99. The SMILES string of the molecule is CCC(CCCc1ccc2nc(N)nc(N)c2n1)C(=O)O. The van der Waals surface area contributed by atoms with Crippen molar-refractivity contribution in [2.24, 2.45) is 5.92 Å². The van der Waals surface area contributed by atoms with Crippen LogP contribution in [0, 0.1) is 5.92 Å². The van der Waals surface area contributed by atoms with Gasteiger partial charge in [0.1, 0.15) is 5.52 Å². The predicted molar refractivity (Wildman–Crippen MR) is 80.5 cm³/mol. The van der Waals surface area contributed by atoms with E-state index in [0.717, 1.165) is 12.1 Å². The zero-order chi connectivity index (χ0) is 15.4. The average molecular weight is 289 g/mol. The number of anilines is 2. The summed E-state index contributed by atoms with van der Waals surface area (Å²) in [5, 5.41) is 9.01. The summed E-state index contributed by atoms with van der Waals surface area (Å²) in [5.74, 6) is -0.645. The van der Waals surface area contributed by atoms with Crippen LogP contribution in [0.25, 0.3) is 11.0 Å². The molecule has 1 atom stereocenters. The van der Waals surface area contributed by atoms with Crippen molar-refractivity contribution < 1.29 is 9.90 Å². The number of hydrogen-bond donors (Lipinski definition) is 3. The summed E-state index contributed by atoms with van der Waals surface area (Å²) < 4.78 is 0. The molecule has 0 saturated carbocycles. The summed E-state index contributed by atoms with van der Waals surface area (Å²) in [6, 6.07) is 3.66. The van der Waals surface area contributed by atoms with E-state index in [0.29, 0.717) is 30.3 Å². The van der Waals surface area contributed by atoms with Gasteiger partial charge in [-0.3, -0.25) is 4.79 Å². The molecule has 0 aromatic carbocycles.